The minimum absolute atomic E-state index is 0.261. The largest absolute Gasteiger partial charge is 0.395 e. The molecular formula is C12H17NO. The van der Waals surface area contributed by atoms with E-state index in [9.17, 15) is 0 Å². The molecule has 1 aromatic carbocycles. The molecule has 2 rings (SSSR count). The topological polar surface area (TPSA) is 32.3 Å². The van der Waals surface area contributed by atoms with Crippen molar-refractivity contribution >= 4 is 0 Å². The molecule has 1 atom stereocenters. The van der Waals surface area contributed by atoms with Crippen LogP contribution in [0.2, 0.25) is 0 Å². The molecule has 2 heteroatoms. The van der Waals surface area contributed by atoms with Crippen LogP contribution in [0.5, 0.6) is 0 Å². The third-order valence-electron chi connectivity index (χ3n) is 2.80. The number of hydrogen-bond acceptors (Lipinski definition) is 2. The fourth-order valence-corrected chi connectivity index (χ4v) is 1.72. The van der Waals surface area contributed by atoms with Crippen LogP contribution in [0.25, 0.3) is 0 Å². The lowest BCUT2D eigenvalue weighted by molar-refractivity contribution is 0.227. The van der Waals surface area contributed by atoms with Gasteiger partial charge in [0.05, 0.1) is 6.61 Å². The van der Waals surface area contributed by atoms with Crippen LogP contribution in [0, 0.1) is 5.92 Å². The Morgan fingerprint density at radius 3 is 2.57 bits per heavy atom. The van der Waals surface area contributed by atoms with Gasteiger partial charge in [-0.2, -0.15) is 0 Å². The summed E-state index contributed by atoms with van der Waals surface area (Å²) >= 11 is 0. The second-order valence-corrected chi connectivity index (χ2v) is 3.99. The molecule has 0 radical (unpaired) electrons. The molecule has 0 aliphatic heterocycles. The molecule has 14 heavy (non-hydrogen) atoms. The Morgan fingerprint density at radius 2 is 2.00 bits per heavy atom. The molecule has 0 bridgehead atoms. The van der Waals surface area contributed by atoms with Crippen LogP contribution in [0.4, 0.5) is 0 Å². The number of aliphatic hydroxyl groups is 1. The van der Waals surface area contributed by atoms with Crippen molar-refractivity contribution in [2.45, 2.75) is 25.4 Å². The van der Waals surface area contributed by atoms with Gasteiger partial charge in [-0.05, 0) is 24.3 Å². The Hall–Kier alpha value is -0.860. The van der Waals surface area contributed by atoms with E-state index in [2.05, 4.69) is 17.4 Å². The number of nitrogens with one attached hydrogen (secondary N) is 1. The highest BCUT2D eigenvalue weighted by molar-refractivity contribution is 5.14. The predicted molar refractivity (Wildman–Crippen MR) is 56.9 cm³/mol. The third-order valence-corrected chi connectivity index (χ3v) is 2.80. The minimum Gasteiger partial charge on any atom is -0.395 e. The van der Waals surface area contributed by atoms with Crippen LogP contribution in [-0.2, 0) is 6.54 Å². The first-order chi connectivity index (χ1) is 6.90. The zero-order chi connectivity index (χ0) is 9.80. The van der Waals surface area contributed by atoms with Crippen LogP contribution in [-0.4, -0.2) is 17.8 Å². The standard InChI is InChI=1S/C12H17NO/c14-9-12(11-6-7-11)13-8-10-4-2-1-3-5-10/h1-5,11-14H,6-9H2. The van der Waals surface area contributed by atoms with E-state index in [4.69, 9.17) is 5.11 Å². The Labute approximate surface area is 85.0 Å². The Morgan fingerprint density at radius 1 is 1.29 bits per heavy atom. The van der Waals surface area contributed by atoms with Crippen LogP contribution in [0.15, 0.2) is 30.3 Å². The van der Waals surface area contributed by atoms with Crippen LogP contribution in [0.3, 0.4) is 0 Å². The maximum Gasteiger partial charge on any atom is 0.0587 e. The summed E-state index contributed by atoms with van der Waals surface area (Å²) in [7, 11) is 0. The summed E-state index contributed by atoms with van der Waals surface area (Å²) < 4.78 is 0. The first-order valence-electron chi connectivity index (χ1n) is 5.28. The quantitative estimate of drug-likeness (QED) is 0.740. The maximum atomic E-state index is 9.15. The molecular weight excluding hydrogens is 174 g/mol. The van der Waals surface area contributed by atoms with Crippen LogP contribution < -0.4 is 5.32 Å². The van der Waals surface area contributed by atoms with Crippen LogP contribution in [0.1, 0.15) is 18.4 Å². The summed E-state index contributed by atoms with van der Waals surface area (Å²) in [5.41, 5.74) is 1.28. The van der Waals surface area contributed by atoms with E-state index in [-0.39, 0.29) is 6.61 Å². The molecule has 1 saturated carbocycles. The molecule has 0 saturated heterocycles. The highest BCUT2D eigenvalue weighted by Crippen LogP contribution is 2.32. The van der Waals surface area contributed by atoms with E-state index >= 15 is 0 Å². The fraction of sp³-hybridized carbons (Fsp3) is 0.500. The van der Waals surface area contributed by atoms with Gasteiger partial charge in [-0.15, -0.1) is 0 Å². The van der Waals surface area contributed by atoms with Crippen molar-refractivity contribution in [3.8, 4) is 0 Å². The summed E-state index contributed by atoms with van der Waals surface area (Å²) in [6.45, 7) is 1.13. The van der Waals surface area contributed by atoms with Gasteiger partial charge in [-0.25, -0.2) is 0 Å². The lowest BCUT2D eigenvalue weighted by atomic mass is 10.1. The molecule has 1 fully saturated rings. The Bertz CT molecular complexity index is 269. The smallest absolute Gasteiger partial charge is 0.0587 e. The number of hydrogen-bond donors (Lipinski definition) is 2. The van der Waals surface area contributed by atoms with Gasteiger partial charge in [-0.1, -0.05) is 30.3 Å². The molecule has 1 aliphatic rings. The molecule has 2 N–H and O–H groups in total. The van der Waals surface area contributed by atoms with E-state index in [1.54, 1.807) is 0 Å². The van der Waals surface area contributed by atoms with Crippen molar-refractivity contribution in [2.75, 3.05) is 6.61 Å². The highest BCUT2D eigenvalue weighted by atomic mass is 16.3. The monoisotopic (exact) mass is 191 g/mol. The van der Waals surface area contributed by atoms with Gasteiger partial charge in [0.2, 0.25) is 0 Å². The SMILES string of the molecule is OCC(NCc1ccccc1)C1CC1. The average Bonchev–Trinajstić information content (AvgIpc) is 3.05. The van der Waals surface area contributed by atoms with E-state index < -0.39 is 0 Å². The lowest BCUT2D eigenvalue weighted by Gasteiger charge is -2.15. The molecule has 2 nitrogen and oxygen atoms in total. The molecule has 0 aromatic heterocycles. The first-order valence-corrected chi connectivity index (χ1v) is 5.28. The van der Waals surface area contributed by atoms with Gasteiger partial charge in [0.15, 0.2) is 0 Å². The van der Waals surface area contributed by atoms with Crippen molar-refractivity contribution in [3.63, 3.8) is 0 Å². The van der Waals surface area contributed by atoms with Gasteiger partial charge in [0.1, 0.15) is 0 Å². The summed E-state index contributed by atoms with van der Waals surface area (Å²) in [6.07, 6.45) is 2.54. The van der Waals surface area contributed by atoms with Crippen molar-refractivity contribution in [1.29, 1.82) is 0 Å². The third kappa shape index (κ3) is 2.56. The van der Waals surface area contributed by atoms with Gasteiger partial charge < -0.3 is 10.4 Å². The molecule has 1 aliphatic carbocycles. The number of rotatable bonds is 5. The highest BCUT2D eigenvalue weighted by Gasteiger charge is 2.29. The summed E-state index contributed by atoms with van der Waals surface area (Å²) in [6, 6.07) is 10.6. The molecule has 0 spiro atoms. The van der Waals surface area contributed by atoms with Crippen molar-refractivity contribution < 1.29 is 5.11 Å². The second-order valence-electron chi connectivity index (χ2n) is 3.99. The van der Waals surface area contributed by atoms with Gasteiger partial charge in [0.25, 0.3) is 0 Å². The molecule has 1 unspecified atom stereocenters. The van der Waals surface area contributed by atoms with Crippen molar-refractivity contribution in [2.24, 2.45) is 5.92 Å². The van der Waals surface area contributed by atoms with Crippen molar-refractivity contribution in [3.05, 3.63) is 35.9 Å². The molecule has 76 valence electrons. The Kier molecular flexibility index (Phi) is 3.17. The summed E-state index contributed by atoms with van der Waals surface area (Å²) in [4.78, 5) is 0. The van der Waals surface area contributed by atoms with E-state index in [0.29, 0.717) is 12.0 Å². The van der Waals surface area contributed by atoms with Gasteiger partial charge in [0, 0.05) is 12.6 Å². The van der Waals surface area contributed by atoms with Gasteiger partial charge >= 0.3 is 0 Å². The Balaban J connectivity index is 1.81. The molecule has 1 aromatic rings. The normalized spacial score (nSPS) is 18.1. The first kappa shape index (κ1) is 9.69. The lowest BCUT2D eigenvalue weighted by Crippen LogP contribution is -2.33. The molecule has 0 heterocycles. The van der Waals surface area contributed by atoms with Crippen molar-refractivity contribution in [1.82, 2.24) is 5.32 Å². The van der Waals surface area contributed by atoms with E-state index in [0.717, 1.165) is 6.54 Å². The molecule has 0 amide bonds. The summed E-state index contributed by atoms with van der Waals surface area (Å²) in [5, 5.41) is 12.5. The minimum atomic E-state index is 0.261. The second kappa shape index (κ2) is 4.58. The average molecular weight is 191 g/mol. The number of benzene rings is 1. The van der Waals surface area contributed by atoms with E-state index in [1.165, 1.54) is 18.4 Å². The zero-order valence-electron chi connectivity index (χ0n) is 8.32. The van der Waals surface area contributed by atoms with Crippen LogP contribution >= 0.6 is 0 Å². The maximum absolute atomic E-state index is 9.15. The fourth-order valence-electron chi connectivity index (χ4n) is 1.72. The summed E-state index contributed by atoms with van der Waals surface area (Å²) in [5.74, 6) is 0.712. The van der Waals surface area contributed by atoms with E-state index in [1.807, 2.05) is 18.2 Å². The zero-order valence-corrected chi connectivity index (χ0v) is 8.32. The van der Waals surface area contributed by atoms with Gasteiger partial charge in [-0.3, -0.25) is 0 Å². The predicted octanol–water partition coefficient (Wildman–Crippen LogP) is 1.55. The number of aliphatic hydroxyl groups excluding tert-OH is 1.